The van der Waals surface area contributed by atoms with Crippen LogP contribution >= 0.6 is 28.3 Å². The second-order valence-electron chi connectivity index (χ2n) is 5.36. The Hall–Kier alpha value is -0.580. The van der Waals surface area contributed by atoms with E-state index in [9.17, 15) is 4.79 Å². The number of piperidine rings is 1. The Morgan fingerprint density at radius 1 is 1.45 bits per heavy atom. The molecular formula is C15H22BrClN2O. The molecule has 3 nitrogen and oxygen atoms in total. The molecule has 20 heavy (non-hydrogen) atoms. The molecule has 1 aliphatic rings. The molecule has 0 unspecified atom stereocenters. The predicted octanol–water partition coefficient (Wildman–Crippen LogP) is 3.22. The van der Waals surface area contributed by atoms with E-state index in [0.29, 0.717) is 12.6 Å². The molecule has 5 heteroatoms. The normalized spacial score (nSPS) is 21.9. The monoisotopic (exact) mass is 360 g/mol. The average molecular weight is 362 g/mol. The van der Waals surface area contributed by atoms with Gasteiger partial charge in [0.05, 0.1) is 0 Å². The third kappa shape index (κ3) is 4.47. The summed E-state index contributed by atoms with van der Waals surface area (Å²) in [5.74, 6) is 0.438. The molecule has 1 heterocycles. The van der Waals surface area contributed by atoms with Gasteiger partial charge in [-0.05, 0) is 37.9 Å². The fourth-order valence-corrected chi connectivity index (χ4v) is 3.04. The summed E-state index contributed by atoms with van der Waals surface area (Å²) < 4.78 is 1.06. The van der Waals surface area contributed by atoms with Gasteiger partial charge in [-0.2, -0.15) is 0 Å². The number of carbonyl (C=O) groups excluding carboxylic acids is 1. The number of nitrogens with one attached hydrogen (secondary N) is 1. The minimum Gasteiger partial charge on any atom is -0.341 e. The average Bonchev–Trinajstić information content (AvgIpc) is 2.40. The van der Waals surface area contributed by atoms with Gasteiger partial charge >= 0.3 is 0 Å². The molecule has 1 aromatic carbocycles. The smallest absolute Gasteiger partial charge is 0.225 e. The van der Waals surface area contributed by atoms with Crippen LogP contribution in [0.5, 0.6) is 0 Å². The van der Waals surface area contributed by atoms with E-state index in [4.69, 9.17) is 0 Å². The molecule has 1 aliphatic heterocycles. The van der Waals surface area contributed by atoms with Crippen LogP contribution in [-0.2, 0) is 11.3 Å². The molecule has 0 spiro atoms. The number of benzene rings is 1. The fraction of sp³-hybridized carbons (Fsp3) is 0.533. The van der Waals surface area contributed by atoms with Crippen LogP contribution in [0.25, 0.3) is 0 Å². The van der Waals surface area contributed by atoms with Crippen LogP contribution in [-0.4, -0.2) is 30.4 Å². The number of carbonyl (C=O) groups is 1. The highest BCUT2D eigenvalue weighted by molar-refractivity contribution is 9.10. The number of amides is 1. The summed E-state index contributed by atoms with van der Waals surface area (Å²) >= 11 is 3.53. The van der Waals surface area contributed by atoms with Crippen molar-refractivity contribution in [3.63, 3.8) is 0 Å². The molecule has 1 saturated heterocycles. The standard InChI is InChI=1S/C15H21BrN2O.ClH/c1-11-9-12(7-8-17-11)15(19)18(2)10-13-5-3-4-6-14(13)16;/h3-6,11-12,17H,7-10H2,1-2H3;1H/t11-,12-;/m0./s1. The van der Waals surface area contributed by atoms with Crippen molar-refractivity contribution in [2.24, 2.45) is 5.92 Å². The maximum atomic E-state index is 12.4. The van der Waals surface area contributed by atoms with E-state index in [1.807, 2.05) is 30.1 Å². The van der Waals surface area contributed by atoms with Gasteiger partial charge in [-0.1, -0.05) is 34.1 Å². The fourth-order valence-electron chi connectivity index (χ4n) is 2.63. The summed E-state index contributed by atoms with van der Waals surface area (Å²) in [5, 5.41) is 3.39. The van der Waals surface area contributed by atoms with E-state index in [-0.39, 0.29) is 24.2 Å². The summed E-state index contributed by atoms with van der Waals surface area (Å²) in [6.45, 7) is 3.76. The molecule has 112 valence electrons. The largest absolute Gasteiger partial charge is 0.341 e. The third-order valence-corrected chi connectivity index (χ3v) is 4.49. The van der Waals surface area contributed by atoms with Gasteiger partial charge in [0, 0.05) is 30.0 Å². The summed E-state index contributed by atoms with van der Waals surface area (Å²) in [6, 6.07) is 8.51. The summed E-state index contributed by atoms with van der Waals surface area (Å²) in [7, 11) is 1.90. The van der Waals surface area contributed by atoms with Crippen LogP contribution in [0.15, 0.2) is 28.7 Å². The highest BCUT2D eigenvalue weighted by Crippen LogP contribution is 2.21. The van der Waals surface area contributed by atoms with Crippen LogP contribution < -0.4 is 5.32 Å². The molecule has 1 fully saturated rings. The summed E-state index contributed by atoms with van der Waals surface area (Å²) in [6.07, 6.45) is 1.89. The van der Waals surface area contributed by atoms with Crippen molar-refractivity contribution in [3.8, 4) is 0 Å². The SMILES string of the molecule is C[C@H]1C[C@@H](C(=O)N(C)Cc2ccccc2Br)CCN1.Cl. The van der Waals surface area contributed by atoms with Crippen LogP contribution in [0.2, 0.25) is 0 Å². The van der Waals surface area contributed by atoms with Crippen molar-refractivity contribution in [1.82, 2.24) is 10.2 Å². The van der Waals surface area contributed by atoms with Crippen molar-refractivity contribution in [2.45, 2.75) is 32.4 Å². The van der Waals surface area contributed by atoms with E-state index in [1.165, 1.54) is 0 Å². The topological polar surface area (TPSA) is 32.3 Å². The highest BCUT2D eigenvalue weighted by atomic mass is 79.9. The molecule has 1 aromatic rings. The number of nitrogens with zero attached hydrogens (tertiary/aromatic N) is 1. The van der Waals surface area contributed by atoms with Gasteiger partial charge in [0.15, 0.2) is 0 Å². The van der Waals surface area contributed by atoms with Gasteiger partial charge in [-0.25, -0.2) is 0 Å². The Bertz CT molecular complexity index is 455. The van der Waals surface area contributed by atoms with Crippen molar-refractivity contribution >= 4 is 34.2 Å². The minimum absolute atomic E-state index is 0. The molecule has 1 N–H and O–H groups in total. The number of hydrogen-bond acceptors (Lipinski definition) is 2. The maximum absolute atomic E-state index is 12.4. The zero-order chi connectivity index (χ0) is 13.8. The van der Waals surface area contributed by atoms with Gasteiger partial charge in [-0.3, -0.25) is 4.79 Å². The molecule has 2 rings (SSSR count). The lowest BCUT2D eigenvalue weighted by Gasteiger charge is -2.30. The van der Waals surface area contributed by atoms with Crippen LogP contribution in [0.4, 0.5) is 0 Å². The minimum atomic E-state index is 0. The van der Waals surface area contributed by atoms with Gasteiger partial charge < -0.3 is 10.2 Å². The summed E-state index contributed by atoms with van der Waals surface area (Å²) in [5.41, 5.74) is 1.15. The van der Waals surface area contributed by atoms with Crippen LogP contribution in [0.1, 0.15) is 25.3 Å². The molecule has 0 aliphatic carbocycles. The van der Waals surface area contributed by atoms with Gasteiger partial charge in [0.1, 0.15) is 0 Å². The molecule has 0 bridgehead atoms. The zero-order valence-corrected chi connectivity index (χ0v) is 14.3. The molecule has 0 aromatic heterocycles. The second kappa shape index (κ2) is 8.01. The maximum Gasteiger partial charge on any atom is 0.225 e. The lowest BCUT2D eigenvalue weighted by atomic mass is 9.92. The van der Waals surface area contributed by atoms with Crippen molar-refractivity contribution in [2.75, 3.05) is 13.6 Å². The first-order chi connectivity index (χ1) is 9.08. The zero-order valence-electron chi connectivity index (χ0n) is 11.9. The Morgan fingerprint density at radius 3 is 2.80 bits per heavy atom. The first-order valence-corrected chi connectivity index (χ1v) is 7.59. The molecule has 1 amide bonds. The van der Waals surface area contributed by atoms with Crippen LogP contribution in [0.3, 0.4) is 0 Å². The summed E-state index contributed by atoms with van der Waals surface area (Å²) in [4.78, 5) is 14.3. The number of hydrogen-bond donors (Lipinski definition) is 1. The Morgan fingerprint density at radius 2 is 2.15 bits per heavy atom. The molecule has 0 saturated carbocycles. The number of rotatable bonds is 3. The quantitative estimate of drug-likeness (QED) is 0.896. The Labute approximate surface area is 135 Å². The van der Waals surface area contributed by atoms with E-state index >= 15 is 0 Å². The molecule has 2 atom stereocenters. The highest BCUT2D eigenvalue weighted by Gasteiger charge is 2.27. The lowest BCUT2D eigenvalue weighted by Crippen LogP contribution is -2.42. The number of halogens is 2. The predicted molar refractivity (Wildman–Crippen MR) is 88.1 cm³/mol. The van der Waals surface area contributed by atoms with Crippen molar-refractivity contribution in [1.29, 1.82) is 0 Å². The third-order valence-electron chi connectivity index (χ3n) is 3.71. The first-order valence-electron chi connectivity index (χ1n) is 6.79. The van der Waals surface area contributed by atoms with E-state index in [2.05, 4.69) is 34.2 Å². The van der Waals surface area contributed by atoms with E-state index < -0.39 is 0 Å². The van der Waals surface area contributed by atoms with E-state index in [1.54, 1.807) is 0 Å². The van der Waals surface area contributed by atoms with Crippen LogP contribution in [0, 0.1) is 5.92 Å². The molecule has 0 radical (unpaired) electrons. The van der Waals surface area contributed by atoms with Crippen molar-refractivity contribution < 1.29 is 4.79 Å². The van der Waals surface area contributed by atoms with Gasteiger partial charge in [-0.15, -0.1) is 12.4 Å². The second-order valence-corrected chi connectivity index (χ2v) is 6.22. The van der Waals surface area contributed by atoms with Crippen molar-refractivity contribution in [3.05, 3.63) is 34.3 Å². The lowest BCUT2D eigenvalue weighted by molar-refractivity contribution is -0.135. The Balaban J connectivity index is 0.00000200. The molecular weight excluding hydrogens is 340 g/mol. The first kappa shape index (κ1) is 17.5. The van der Waals surface area contributed by atoms with E-state index in [0.717, 1.165) is 29.4 Å². The van der Waals surface area contributed by atoms with Gasteiger partial charge in [0.2, 0.25) is 5.91 Å². The Kier molecular flexibility index (Phi) is 7.00. The van der Waals surface area contributed by atoms with Gasteiger partial charge in [0.25, 0.3) is 0 Å².